The maximum Gasteiger partial charge on any atom is 0.303 e. The molecule has 1 radical (unpaired) electrons. The van der Waals surface area contributed by atoms with Gasteiger partial charge in [-0.2, -0.15) is 0 Å². The van der Waals surface area contributed by atoms with E-state index in [1.807, 2.05) is 53.9 Å². The zero-order chi connectivity index (χ0) is 17.6. The van der Waals surface area contributed by atoms with Crippen molar-refractivity contribution >= 4 is 85.8 Å². The second-order valence-electron chi connectivity index (χ2n) is 5.42. The molecule has 0 unspecified atom stereocenters. The van der Waals surface area contributed by atoms with Crippen LogP contribution in [0.15, 0.2) is 46.3 Å². The quantitative estimate of drug-likeness (QED) is 0.410. The summed E-state index contributed by atoms with van der Waals surface area (Å²) < 4.78 is 6.68. The van der Waals surface area contributed by atoms with Crippen molar-refractivity contribution in [3.05, 3.63) is 57.5 Å². The van der Waals surface area contributed by atoms with Crippen molar-refractivity contribution in [3.63, 3.8) is 0 Å². The predicted octanol–water partition coefficient (Wildman–Crippen LogP) is 5.09. The average molecular weight is 441 g/mol. The van der Waals surface area contributed by atoms with Gasteiger partial charge in [0.25, 0.3) is 0 Å². The SMILES string of the molecule is O=C(O)CCCOc1sccc1C=Cc1ccc2ccc(Br)cc2n1.[Na]. The Balaban J connectivity index is 0.00000243. The van der Waals surface area contributed by atoms with Crippen LogP contribution in [0.5, 0.6) is 5.06 Å². The summed E-state index contributed by atoms with van der Waals surface area (Å²) in [5.74, 6) is -0.802. The molecule has 0 atom stereocenters. The number of pyridine rings is 1. The summed E-state index contributed by atoms with van der Waals surface area (Å²) in [6, 6.07) is 12.0. The minimum Gasteiger partial charge on any atom is -0.483 e. The largest absolute Gasteiger partial charge is 0.483 e. The third-order valence-electron chi connectivity index (χ3n) is 3.54. The van der Waals surface area contributed by atoms with E-state index in [2.05, 4.69) is 20.9 Å². The van der Waals surface area contributed by atoms with Gasteiger partial charge in [-0.25, -0.2) is 4.98 Å². The van der Waals surface area contributed by atoms with Crippen LogP contribution in [0.2, 0.25) is 0 Å². The van der Waals surface area contributed by atoms with Gasteiger partial charge in [0.2, 0.25) is 0 Å². The normalized spacial score (nSPS) is 10.8. The second kappa shape index (κ2) is 10.2. The second-order valence-corrected chi connectivity index (χ2v) is 7.21. The first-order valence-corrected chi connectivity index (χ1v) is 9.45. The van der Waals surface area contributed by atoms with Crippen molar-refractivity contribution in [2.45, 2.75) is 12.8 Å². The summed E-state index contributed by atoms with van der Waals surface area (Å²) in [7, 11) is 0. The molecule has 0 spiro atoms. The number of aromatic nitrogens is 1. The molecule has 0 fully saturated rings. The fourth-order valence-corrected chi connectivity index (χ4v) is 3.42. The number of hydrogen-bond acceptors (Lipinski definition) is 4. The van der Waals surface area contributed by atoms with Gasteiger partial charge in [-0.05, 0) is 48.2 Å². The summed E-state index contributed by atoms with van der Waals surface area (Å²) in [5, 5.41) is 12.5. The molecule has 1 aromatic carbocycles. The molecule has 0 saturated carbocycles. The molecule has 4 nitrogen and oxygen atoms in total. The van der Waals surface area contributed by atoms with Crippen molar-refractivity contribution in [1.82, 2.24) is 4.98 Å². The maximum atomic E-state index is 10.5. The summed E-state index contributed by atoms with van der Waals surface area (Å²) in [6.07, 6.45) is 4.53. The molecule has 0 aliphatic heterocycles. The minimum absolute atomic E-state index is 0. The van der Waals surface area contributed by atoms with E-state index in [0.717, 1.165) is 31.7 Å². The van der Waals surface area contributed by atoms with Gasteiger partial charge in [-0.1, -0.05) is 28.1 Å². The Morgan fingerprint density at radius 3 is 2.85 bits per heavy atom. The zero-order valence-electron chi connectivity index (χ0n) is 14.3. The van der Waals surface area contributed by atoms with Crippen molar-refractivity contribution in [3.8, 4) is 5.06 Å². The summed E-state index contributed by atoms with van der Waals surface area (Å²) >= 11 is 4.97. The molecule has 7 heteroatoms. The van der Waals surface area contributed by atoms with E-state index in [1.54, 1.807) is 0 Å². The Morgan fingerprint density at radius 1 is 1.23 bits per heavy atom. The van der Waals surface area contributed by atoms with Crippen LogP contribution < -0.4 is 4.74 Å². The van der Waals surface area contributed by atoms with E-state index in [-0.39, 0.29) is 36.0 Å². The van der Waals surface area contributed by atoms with Crippen LogP contribution in [0.3, 0.4) is 0 Å². The van der Waals surface area contributed by atoms with Gasteiger partial charge in [0.05, 0.1) is 17.8 Å². The summed E-state index contributed by atoms with van der Waals surface area (Å²) in [6.45, 7) is 0.399. The maximum absolute atomic E-state index is 10.5. The Labute approximate surface area is 186 Å². The standard InChI is InChI=1S/C19H16BrNO3S.Na/c20-15-6-3-13-4-7-16(21-17(13)12-15)8-5-14-9-11-25-19(14)24-10-1-2-18(22)23;/h3-9,11-12H,1-2,10H2,(H,22,23);. The molecular formula is C19H16BrNNaO3S. The summed E-state index contributed by atoms with van der Waals surface area (Å²) in [5.41, 5.74) is 2.78. The van der Waals surface area contributed by atoms with E-state index in [0.29, 0.717) is 13.0 Å². The van der Waals surface area contributed by atoms with Gasteiger partial charge >= 0.3 is 5.97 Å². The van der Waals surface area contributed by atoms with Crippen LogP contribution in [-0.2, 0) is 4.79 Å². The summed E-state index contributed by atoms with van der Waals surface area (Å²) in [4.78, 5) is 15.2. The number of ether oxygens (including phenoxy) is 1. The minimum atomic E-state index is -0.802. The molecule has 3 aromatic rings. The molecule has 0 bridgehead atoms. The van der Waals surface area contributed by atoms with Crippen LogP contribution in [-0.4, -0.2) is 52.2 Å². The monoisotopic (exact) mass is 440 g/mol. The first-order valence-electron chi connectivity index (χ1n) is 7.78. The molecule has 0 amide bonds. The van der Waals surface area contributed by atoms with Gasteiger partial charge in [0, 0.05) is 51.4 Å². The first-order chi connectivity index (χ1) is 12.1. The average Bonchev–Trinajstić information content (AvgIpc) is 3.03. The van der Waals surface area contributed by atoms with Gasteiger partial charge in [-0.15, -0.1) is 11.3 Å². The fraction of sp³-hybridized carbons (Fsp3) is 0.158. The number of rotatable bonds is 7. The molecule has 1 N–H and O–H groups in total. The van der Waals surface area contributed by atoms with Gasteiger partial charge in [-0.3, -0.25) is 4.79 Å². The van der Waals surface area contributed by atoms with Crippen LogP contribution in [0, 0.1) is 0 Å². The van der Waals surface area contributed by atoms with E-state index in [9.17, 15) is 4.79 Å². The van der Waals surface area contributed by atoms with Crippen LogP contribution in [0.4, 0.5) is 0 Å². The molecule has 0 aliphatic rings. The number of carboxylic acids is 1. The van der Waals surface area contributed by atoms with E-state index in [1.165, 1.54) is 11.3 Å². The van der Waals surface area contributed by atoms with Gasteiger partial charge in [0.15, 0.2) is 5.06 Å². The molecule has 2 heterocycles. The third-order valence-corrected chi connectivity index (χ3v) is 4.87. The number of benzene rings is 1. The van der Waals surface area contributed by atoms with E-state index in [4.69, 9.17) is 9.84 Å². The first kappa shape index (κ1) is 21.1. The zero-order valence-corrected chi connectivity index (χ0v) is 18.7. The fourth-order valence-electron chi connectivity index (χ4n) is 2.31. The van der Waals surface area contributed by atoms with Crippen molar-refractivity contribution < 1.29 is 14.6 Å². The van der Waals surface area contributed by atoms with Crippen molar-refractivity contribution in [2.24, 2.45) is 0 Å². The Kier molecular flexibility index (Phi) is 8.31. The van der Waals surface area contributed by atoms with E-state index >= 15 is 0 Å². The number of nitrogens with zero attached hydrogens (tertiary/aromatic N) is 1. The molecule has 0 aliphatic carbocycles. The smallest absolute Gasteiger partial charge is 0.303 e. The molecule has 3 rings (SSSR count). The van der Waals surface area contributed by atoms with Gasteiger partial charge < -0.3 is 9.84 Å². The Hall–Kier alpha value is -1.18. The molecular weight excluding hydrogens is 425 g/mol. The van der Waals surface area contributed by atoms with Crippen molar-refractivity contribution in [2.75, 3.05) is 6.61 Å². The third kappa shape index (κ3) is 5.93. The van der Waals surface area contributed by atoms with Gasteiger partial charge in [0.1, 0.15) is 0 Å². The Bertz CT molecular complexity index is 926. The number of hydrogen-bond donors (Lipinski definition) is 1. The predicted molar refractivity (Wildman–Crippen MR) is 111 cm³/mol. The molecule has 26 heavy (non-hydrogen) atoms. The molecule has 2 aromatic heterocycles. The van der Waals surface area contributed by atoms with Crippen molar-refractivity contribution in [1.29, 1.82) is 0 Å². The number of thiophene rings is 1. The van der Waals surface area contributed by atoms with E-state index < -0.39 is 5.97 Å². The topological polar surface area (TPSA) is 59.4 Å². The number of carbonyl (C=O) groups is 1. The molecule has 0 saturated heterocycles. The number of fused-ring (bicyclic) bond motifs is 1. The Morgan fingerprint density at radius 2 is 2.04 bits per heavy atom. The van der Waals surface area contributed by atoms with Crippen LogP contribution in [0.25, 0.3) is 23.1 Å². The van der Waals surface area contributed by atoms with Crippen LogP contribution >= 0.6 is 27.3 Å². The number of halogens is 1. The molecule has 129 valence electrons. The number of carboxylic acid groups (broad SMARTS) is 1. The van der Waals surface area contributed by atoms with Crippen LogP contribution in [0.1, 0.15) is 24.1 Å². The number of aliphatic carboxylic acids is 1.